The third-order valence-corrected chi connectivity index (χ3v) is 9.96. The summed E-state index contributed by atoms with van der Waals surface area (Å²) >= 11 is 0. The average molecular weight is 757 g/mol. The molecule has 0 aromatic rings. The van der Waals surface area contributed by atoms with Crippen LogP contribution in [-0.4, -0.2) is 41.0 Å². The largest absolute Gasteiger partial charge is 0.469 e. The minimum absolute atomic E-state index is 0.172. The van der Waals surface area contributed by atoms with Crippen molar-refractivity contribution in [2.45, 2.75) is 225 Å². The molecule has 0 bridgehead atoms. The van der Waals surface area contributed by atoms with Crippen LogP contribution in [0.25, 0.3) is 0 Å². The maximum Gasteiger partial charge on any atom is 0.469 e. The fraction of sp³-hybridized carbons (Fsp3) is 0.860. The van der Waals surface area contributed by atoms with E-state index in [1.54, 1.807) is 0 Å². The van der Waals surface area contributed by atoms with Gasteiger partial charge in [-0.1, -0.05) is 186 Å². The first-order valence-electron chi connectivity index (χ1n) is 21.6. The van der Waals surface area contributed by atoms with E-state index in [4.69, 9.17) is 19.3 Å². The molecule has 0 aliphatic carbocycles. The zero-order chi connectivity index (χ0) is 38.2. The highest BCUT2D eigenvalue weighted by Crippen LogP contribution is 2.36. The molecule has 0 heterocycles. The number of rotatable bonds is 40. The second kappa shape index (κ2) is 39.2. The Hall–Kier alpha value is -1.47. The minimum atomic E-state index is -4.76. The van der Waals surface area contributed by atoms with Gasteiger partial charge >= 0.3 is 19.8 Å². The maximum absolute atomic E-state index is 12.4. The molecule has 0 aliphatic rings. The summed E-state index contributed by atoms with van der Waals surface area (Å²) in [6, 6.07) is 0. The fourth-order valence-corrected chi connectivity index (χ4v) is 6.59. The summed E-state index contributed by atoms with van der Waals surface area (Å²) in [6.07, 6.45) is 44.8. The van der Waals surface area contributed by atoms with Gasteiger partial charge in [-0.25, -0.2) is 4.57 Å². The van der Waals surface area contributed by atoms with E-state index < -0.39 is 32.5 Å². The lowest BCUT2D eigenvalue weighted by Crippen LogP contribution is -2.29. The SMILES string of the molecule is CCCCCCCC/C=C/C/C=C/CCCCC(=O)O[C@H](COC(=O)CCCCCCCCCCCCCCCCCCCCC)COP(=O)(O)O. The lowest BCUT2D eigenvalue weighted by atomic mass is 10.0. The Bertz CT molecular complexity index is 900. The van der Waals surface area contributed by atoms with Crippen LogP contribution in [0, 0.1) is 0 Å². The van der Waals surface area contributed by atoms with Gasteiger partial charge in [-0.3, -0.25) is 14.1 Å². The molecule has 1 atom stereocenters. The monoisotopic (exact) mass is 757 g/mol. The number of hydrogen-bond donors (Lipinski definition) is 2. The van der Waals surface area contributed by atoms with Gasteiger partial charge < -0.3 is 19.3 Å². The molecule has 0 aliphatic heterocycles. The molecule has 0 amide bonds. The summed E-state index contributed by atoms with van der Waals surface area (Å²) in [5, 5.41) is 0. The van der Waals surface area contributed by atoms with Gasteiger partial charge in [-0.2, -0.15) is 0 Å². The van der Waals surface area contributed by atoms with Crippen LogP contribution < -0.4 is 0 Å². The summed E-state index contributed by atoms with van der Waals surface area (Å²) in [5.41, 5.74) is 0. The second-order valence-electron chi connectivity index (χ2n) is 14.7. The van der Waals surface area contributed by atoms with Gasteiger partial charge in [0, 0.05) is 12.8 Å². The third-order valence-electron chi connectivity index (χ3n) is 9.47. The molecule has 0 spiro atoms. The van der Waals surface area contributed by atoms with Gasteiger partial charge in [0.05, 0.1) is 6.61 Å². The Labute approximate surface area is 319 Å². The fourth-order valence-electron chi connectivity index (χ4n) is 6.23. The van der Waals surface area contributed by atoms with Crippen molar-refractivity contribution in [3.8, 4) is 0 Å². The molecule has 8 nitrogen and oxygen atoms in total. The van der Waals surface area contributed by atoms with Gasteiger partial charge in [0.15, 0.2) is 6.10 Å². The Morgan fingerprint density at radius 3 is 1.31 bits per heavy atom. The number of allylic oxidation sites excluding steroid dienone is 4. The highest BCUT2D eigenvalue weighted by atomic mass is 31.2. The molecule has 0 unspecified atom stereocenters. The van der Waals surface area contributed by atoms with Crippen molar-refractivity contribution in [2.75, 3.05) is 13.2 Å². The van der Waals surface area contributed by atoms with Gasteiger partial charge in [0.2, 0.25) is 0 Å². The zero-order valence-corrected chi connectivity index (χ0v) is 34.6. The summed E-state index contributed by atoms with van der Waals surface area (Å²) in [6.45, 7) is 3.67. The number of unbranched alkanes of at least 4 members (excludes halogenated alkanes) is 26. The molecular weight excluding hydrogens is 675 g/mol. The van der Waals surface area contributed by atoms with Crippen molar-refractivity contribution in [2.24, 2.45) is 0 Å². The first-order valence-corrected chi connectivity index (χ1v) is 23.2. The highest BCUT2D eigenvalue weighted by Gasteiger charge is 2.22. The first kappa shape index (κ1) is 50.5. The molecule has 0 rings (SSSR count). The number of carbonyl (C=O) groups excluding carboxylic acids is 2. The smallest absolute Gasteiger partial charge is 0.462 e. The molecule has 0 radical (unpaired) electrons. The number of ether oxygens (including phenoxy) is 2. The maximum atomic E-state index is 12.4. The van der Waals surface area contributed by atoms with Crippen LogP contribution in [0.4, 0.5) is 0 Å². The van der Waals surface area contributed by atoms with E-state index in [1.807, 2.05) is 0 Å². The van der Waals surface area contributed by atoms with Crippen molar-refractivity contribution in [3.05, 3.63) is 24.3 Å². The van der Waals surface area contributed by atoms with Gasteiger partial charge in [-0.05, 0) is 44.9 Å². The topological polar surface area (TPSA) is 119 Å². The number of phosphoric ester groups is 1. The predicted molar refractivity (Wildman–Crippen MR) is 216 cm³/mol. The van der Waals surface area contributed by atoms with E-state index in [9.17, 15) is 14.2 Å². The Kier molecular flexibility index (Phi) is 38.1. The van der Waals surface area contributed by atoms with E-state index in [-0.39, 0.29) is 19.4 Å². The summed E-state index contributed by atoms with van der Waals surface area (Å²) < 4.78 is 26.4. The van der Waals surface area contributed by atoms with Crippen molar-refractivity contribution in [1.82, 2.24) is 0 Å². The van der Waals surface area contributed by atoms with Crippen LogP contribution in [0.5, 0.6) is 0 Å². The molecule has 0 aromatic carbocycles. The molecule has 0 saturated heterocycles. The van der Waals surface area contributed by atoms with Crippen molar-refractivity contribution in [3.63, 3.8) is 0 Å². The van der Waals surface area contributed by atoms with Crippen molar-refractivity contribution < 1.29 is 37.9 Å². The number of hydrogen-bond acceptors (Lipinski definition) is 6. The normalized spacial score (nSPS) is 12.6. The lowest BCUT2D eigenvalue weighted by Gasteiger charge is -2.18. The Balaban J connectivity index is 3.90. The van der Waals surface area contributed by atoms with E-state index in [1.165, 1.54) is 141 Å². The predicted octanol–water partition coefficient (Wildman–Crippen LogP) is 13.2. The molecule has 2 N–H and O–H groups in total. The standard InChI is InChI=1S/C43H81O8P/c1-3-5-7-9-11-13-15-17-19-20-21-22-24-25-27-29-31-33-35-37-42(44)49-39-41(40-50-52(46,47)48)51-43(45)38-36-34-32-30-28-26-23-18-16-14-12-10-8-6-4-2/h18,23,28,30,41H,3-17,19-22,24-27,29,31-40H2,1-2H3,(H2,46,47,48)/b23-18+,30-28+/t41-/m1/s1. The molecule has 306 valence electrons. The van der Waals surface area contributed by atoms with E-state index in [0.29, 0.717) is 6.42 Å². The number of phosphoric acid groups is 1. The van der Waals surface area contributed by atoms with Crippen LogP contribution in [0.2, 0.25) is 0 Å². The lowest BCUT2D eigenvalue weighted by molar-refractivity contribution is -0.161. The van der Waals surface area contributed by atoms with E-state index in [2.05, 4.69) is 42.7 Å². The highest BCUT2D eigenvalue weighted by molar-refractivity contribution is 7.46. The van der Waals surface area contributed by atoms with Crippen molar-refractivity contribution in [1.29, 1.82) is 0 Å². The van der Waals surface area contributed by atoms with Crippen molar-refractivity contribution >= 4 is 19.8 Å². The quantitative estimate of drug-likeness (QED) is 0.0274. The summed E-state index contributed by atoms with van der Waals surface area (Å²) in [4.78, 5) is 42.8. The zero-order valence-electron chi connectivity index (χ0n) is 33.7. The van der Waals surface area contributed by atoms with Gasteiger partial charge in [0.25, 0.3) is 0 Å². The molecule has 9 heteroatoms. The van der Waals surface area contributed by atoms with Gasteiger partial charge in [-0.15, -0.1) is 0 Å². The van der Waals surface area contributed by atoms with Crippen LogP contribution in [-0.2, 0) is 28.2 Å². The first-order chi connectivity index (χ1) is 25.3. The number of carbonyl (C=O) groups is 2. The minimum Gasteiger partial charge on any atom is -0.462 e. The van der Waals surface area contributed by atoms with E-state index >= 15 is 0 Å². The second-order valence-corrected chi connectivity index (χ2v) is 15.9. The molecule has 0 aromatic heterocycles. The van der Waals surface area contributed by atoms with Crippen LogP contribution in [0.1, 0.15) is 219 Å². The average Bonchev–Trinajstić information content (AvgIpc) is 3.11. The van der Waals surface area contributed by atoms with E-state index in [0.717, 1.165) is 44.9 Å². The molecular formula is C43H81O8P. The molecule has 0 saturated carbocycles. The van der Waals surface area contributed by atoms with Gasteiger partial charge in [0.1, 0.15) is 6.61 Å². The van der Waals surface area contributed by atoms with Crippen LogP contribution >= 0.6 is 7.82 Å². The number of esters is 2. The molecule has 52 heavy (non-hydrogen) atoms. The molecule has 0 fully saturated rings. The summed E-state index contributed by atoms with van der Waals surface area (Å²) in [7, 11) is -4.76. The van der Waals surface area contributed by atoms with Crippen LogP contribution in [0.3, 0.4) is 0 Å². The third kappa shape index (κ3) is 41.3. The Morgan fingerprint density at radius 1 is 0.500 bits per heavy atom. The van der Waals surface area contributed by atoms with Crippen LogP contribution in [0.15, 0.2) is 24.3 Å². The Morgan fingerprint density at radius 2 is 0.865 bits per heavy atom. The summed E-state index contributed by atoms with van der Waals surface area (Å²) in [5.74, 6) is -0.913.